The first-order chi connectivity index (χ1) is 10.2. The van der Waals surface area contributed by atoms with E-state index in [0.29, 0.717) is 16.7 Å². The summed E-state index contributed by atoms with van der Waals surface area (Å²) < 4.78 is 0. The van der Waals surface area contributed by atoms with Crippen LogP contribution in [0.2, 0.25) is 0 Å². The first-order valence-corrected chi connectivity index (χ1v) is 7.29. The maximum atomic E-state index is 12.1. The van der Waals surface area contributed by atoms with Crippen LogP contribution in [0.15, 0.2) is 40.8 Å². The summed E-state index contributed by atoms with van der Waals surface area (Å²) >= 11 is 1.57. The Morgan fingerprint density at radius 3 is 2.95 bits per heavy atom. The number of nitrogens with one attached hydrogen (secondary N) is 1. The fourth-order valence-electron chi connectivity index (χ4n) is 2.42. The van der Waals surface area contributed by atoms with E-state index < -0.39 is 0 Å². The lowest BCUT2D eigenvalue weighted by Crippen LogP contribution is -2.09. The van der Waals surface area contributed by atoms with E-state index >= 15 is 0 Å². The lowest BCUT2D eigenvalue weighted by atomic mass is 10.1. The lowest BCUT2D eigenvalue weighted by Gasteiger charge is -2.04. The minimum atomic E-state index is -0.130. The van der Waals surface area contributed by atoms with E-state index in [9.17, 15) is 4.79 Å². The van der Waals surface area contributed by atoms with E-state index in [1.807, 2.05) is 29.6 Å². The van der Waals surface area contributed by atoms with Gasteiger partial charge in [0, 0.05) is 10.9 Å². The summed E-state index contributed by atoms with van der Waals surface area (Å²) in [5.41, 5.74) is 2.29. The molecule has 0 amide bonds. The highest BCUT2D eigenvalue weighted by Gasteiger charge is 2.09. The molecule has 3 heterocycles. The van der Waals surface area contributed by atoms with Gasteiger partial charge in [-0.15, -0.1) is 11.3 Å². The van der Waals surface area contributed by atoms with Gasteiger partial charge >= 0.3 is 0 Å². The number of fused-ring (bicyclic) bond motifs is 2. The van der Waals surface area contributed by atoms with E-state index in [1.54, 1.807) is 24.6 Å². The summed E-state index contributed by atoms with van der Waals surface area (Å²) in [7, 11) is 0. The number of hydrogen-bond donors (Lipinski definition) is 1. The highest BCUT2D eigenvalue weighted by atomic mass is 32.1. The molecule has 0 aliphatic rings. The van der Waals surface area contributed by atoms with E-state index in [0.717, 1.165) is 21.5 Å². The number of thiophene rings is 1. The van der Waals surface area contributed by atoms with E-state index in [2.05, 4.69) is 19.9 Å². The van der Waals surface area contributed by atoms with Crippen LogP contribution in [0.1, 0.15) is 5.82 Å². The van der Waals surface area contributed by atoms with E-state index in [4.69, 9.17) is 0 Å². The molecule has 6 heteroatoms. The van der Waals surface area contributed by atoms with E-state index in [-0.39, 0.29) is 5.56 Å². The molecule has 4 aromatic rings. The third-order valence-electron chi connectivity index (χ3n) is 3.36. The predicted molar refractivity (Wildman–Crippen MR) is 83.5 cm³/mol. The molecular formula is C15H10N4OS. The summed E-state index contributed by atoms with van der Waals surface area (Å²) in [4.78, 5) is 28.7. The maximum absolute atomic E-state index is 12.1. The number of aromatic nitrogens is 4. The zero-order valence-electron chi connectivity index (χ0n) is 11.1. The number of aryl methyl sites for hydroxylation is 1. The number of aromatic amines is 1. The average Bonchev–Trinajstić information content (AvgIpc) is 2.95. The molecule has 0 radical (unpaired) electrons. The van der Waals surface area contributed by atoms with Crippen LogP contribution in [0.5, 0.6) is 0 Å². The summed E-state index contributed by atoms with van der Waals surface area (Å²) in [6, 6.07) is 7.62. The quantitative estimate of drug-likeness (QED) is 0.586. The molecule has 0 unspecified atom stereocenters. The van der Waals surface area contributed by atoms with Gasteiger partial charge in [-0.3, -0.25) is 4.79 Å². The predicted octanol–water partition coefficient (Wildman–Crippen LogP) is 2.90. The molecule has 0 aliphatic carbocycles. The van der Waals surface area contributed by atoms with Crippen LogP contribution in [-0.4, -0.2) is 19.9 Å². The number of H-pyrrole nitrogens is 1. The molecule has 0 aliphatic heterocycles. The number of hydrogen-bond acceptors (Lipinski definition) is 5. The van der Waals surface area contributed by atoms with Crippen molar-refractivity contribution in [1.29, 1.82) is 0 Å². The molecule has 4 rings (SSSR count). The zero-order chi connectivity index (χ0) is 14.4. The van der Waals surface area contributed by atoms with Crippen LogP contribution in [0.4, 0.5) is 0 Å². The summed E-state index contributed by atoms with van der Waals surface area (Å²) in [6.07, 6.45) is 1.55. The van der Waals surface area contributed by atoms with Crippen molar-refractivity contribution in [3.63, 3.8) is 0 Å². The van der Waals surface area contributed by atoms with Gasteiger partial charge in [0.2, 0.25) is 0 Å². The molecule has 21 heavy (non-hydrogen) atoms. The molecule has 0 saturated carbocycles. The van der Waals surface area contributed by atoms with Crippen molar-refractivity contribution in [3.8, 4) is 11.3 Å². The molecule has 5 nitrogen and oxygen atoms in total. The SMILES string of the molecule is Cc1nc2ccc(-c3ncnc4sccc34)cc2c(=O)[nH]1. The number of benzene rings is 1. The third kappa shape index (κ3) is 1.92. The Bertz CT molecular complexity index is 1030. The second-order valence-electron chi connectivity index (χ2n) is 4.74. The van der Waals surface area contributed by atoms with Crippen LogP contribution < -0.4 is 5.56 Å². The molecule has 0 spiro atoms. The Kier molecular flexibility index (Phi) is 2.58. The van der Waals surface area contributed by atoms with Gasteiger partial charge < -0.3 is 4.98 Å². The van der Waals surface area contributed by atoms with Gasteiger partial charge in [-0.1, -0.05) is 6.07 Å². The number of nitrogens with zero attached hydrogens (tertiary/aromatic N) is 3. The highest BCUT2D eigenvalue weighted by molar-refractivity contribution is 7.16. The van der Waals surface area contributed by atoms with Crippen molar-refractivity contribution in [2.24, 2.45) is 0 Å². The van der Waals surface area contributed by atoms with Gasteiger partial charge in [-0.2, -0.15) is 0 Å². The molecular weight excluding hydrogens is 284 g/mol. The fraction of sp³-hybridized carbons (Fsp3) is 0.0667. The lowest BCUT2D eigenvalue weighted by molar-refractivity contribution is 1.06. The third-order valence-corrected chi connectivity index (χ3v) is 4.18. The minimum absolute atomic E-state index is 0.130. The Hall–Kier alpha value is -2.60. The van der Waals surface area contributed by atoms with Gasteiger partial charge in [0.05, 0.1) is 16.6 Å². The molecule has 0 saturated heterocycles. The van der Waals surface area contributed by atoms with Gasteiger partial charge in [0.25, 0.3) is 5.56 Å². The van der Waals surface area contributed by atoms with E-state index in [1.165, 1.54) is 0 Å². The molecule has 1 N–H and O–H groups in total. The van der Waals surface area contributed by atoms with Crippen molar-refractivity contribution >= 4 is 32.5 Å². The molecule has 0 bridgehead atoms. The standard InChI is InChI=1S/C15H10N4OS/c1-8-18-12-3-2-9(6-11(12)14(20)19-8)13-10-4-5-21-15(10)17-7-16-13/h2-7H,1H3,(H,18,19,20). The largest absolute Gasteiger partial charge is 0.310 e. The fourth-order valence-corrected chi connectivity index (χ4v) is 3.16. The highest BCUT2D eigenvalue weighted by Crippen LogP contribution is 2.29. The minimum Gasteiger partial charge on any atom is -0.310 e. The maximum Gasteiger partial charge on any atom is 0.258 e. The van der Waals surface area contributed by atoms with Gasteiger partial charge in [-0.05, 0) is 30.5 Å². The van der Waals surface area contributed by atoms with Crippen molar-refractivity contribution < 1.29 is 0 Å². The molecule has 1 aromatic carbocycles. The molecule has 0 atom stereocenters. The van der Waals surface area contributed by atoms with Crippen molar-refractivity contribution in [2.45, 2.75) is 6.92 Å². The normalized spacial score (nSPS) is 11.3. The molecule has 3 aromatic heterocycles. The Balaban J connectivity index is 2.03. The first-order valence-electron chi connectivity index (χ1n) is 6.41. The summed E-state index contributed by atoms with van der Waals surface area (Å²) in [5.74, 6) is 0.613. The first kappa shape index (κ1) is 12.2. The van der Waals surface area contributed by atoms with Crippen molar-refractivity contribution in [1.82, 2.24) is 19.9 Å². The topological polar surface area (TPSA) is 71.5 Å². The van der Waals surface area contributed by atoms with Gasteiger partial charge in [0.15, 0.2) is 0 Å². The smallest absolute Gasteiger partial charge is 0.258 e. The van der Waals surface area contributed by atoms with Crippen LogP contribution in [0.3, 0.4) is 0 Å². The van der Waals surface area contributed by atoms with Crippen LogP contribution in [-0.2, 0) is 0 Å². The summed E-state index contributed by atoms with van der Waals surface area (Å²) in [5, 5.41) is 3.56. The van der Waals surface area contributed by atoms with Crippen LogP contribution in [0, 0.1) is 6.92 Å². The summed E-state index contributed by atoms with van der Waals surface area (Å²) in [6.45, 7) is 1.77. The monoisotopic (exact) mass is 294 g/mol. The van der Waals surface area contributed by atoms with Crippen LogP contribution >= 0.6 is 11.3 Å². The van der Waals surface area contributed by atoms with Crippen molar-refractivity contribution in [3.05, 3.63) is 52.2 Å². The zero-order valence-corrected chi connectivity index (χ0v) is 11.9. The average molecular weight is 294 g/mol. The van der Waals surface area contributed by atoms with Crippen molar-refractivity contribution in [2.75, 3.05) is 0 Å². The van der Waals surface area contributed by atoms with Crippen LogP contribution in [0.25, 0.3) is 32.4 Å². The number of rotatable bonds is 1. The second kappa shape index (κ2) is 4.46. The second-order valence-corrected chi connectivity index (χ2v) is 5.64. The molecule has 0 fully saturated rings. The Morgan fingerprint density at radius 2 is 2.05 bits per heavy atom. The van der Waals surface area contributed by atoms with Gasteiger partial charge in [0.1, 0.15) is 17.0 Å². The Labute approximate surface area is 123 Å². The van der Waals surface area contributed by atoms with Gasteiger partial charge in [-0.25, -0.2) is 15.0 Å². The molecule has 102 valence electrons. The Morgan fingerprint density at radius 1 is 1.14 bits per heavy atom.